The van der Waals surface area contributed by atoms with Crippen LogP contribution in [-0.4, -0.2) is 21.5 Å². The van der Waals surface area contributed by atoms with Gasteiger partial charge in [0.1, 0.15) is 5.82 Å². The molecular formula is C28H21FN4. The van der Waals surface area contributed by atoms with Gasteiger partial charge in [-0.2, -0.15) is 0 Å². The van der Waals surface area contributed by atoms with E-state index in [1.807, 2.05) is 36.7 Å². The number of hydrogen-bond donors (Lipinski definition) is 1. The number of nitrogens with zero attached hydrogens (tertiary/aromatic N) is 3. The molecule has 3 aromatic heterocycles. The first-order valence-corrected chi connectivity index (χ1v) is 11.1. The van der Waals surface area contributed by atoms with Gasteiger partial charge >= 0.3 is 0 Å². The van der Waals surface area contributed by atoms with Gasteiger partial charge in [0.05, 0.1) is 5.69 Å². The van der Waals surface area contributed by atoms with Crippen molar-refractivity contribution in [2.45, 2.75) is 13.0 Å². The minimum atomic E-state index is -0.303. The Bertz CT molecular complexity index is 1500. The van der Waals surface area contributed by atoms with E-state index in [4.69, 9.17) is 0 Å². The van der Waals surface area contributed by atoms with E-state index < -0.39 is 0 Å². The van der Waals surface area contributed by atoms with Crippen molar-refractivity contribution in [1.29, 1.82) is 0 Å². The smallest absolute Gasteiger partial charge is 0.160 e. The average molecular weight is 433 g/mol. The minimum absolute atomic E-state index is 0.303. The van der Waals surface area contributed by atoms with E-state index >= 15 is 0 Å². The van der Waals surface area contributed by atoms with Crippen LogP contribution >= 0.6 is 0 Å². The molecule has 6 rings (SSSR count). The lowest BCUT2D eigenvalue weighted by atomic mass is 9.91. The first kappa shape index (κ1) is 19.7. The quantitative estimate of drug-likeness (QED) is 0.391. The molecule has 5 aromatic rings. The van der Waals surface area contributed by atoms with Gasteiger partial charge in [0, 0.05) is 47.2 Å². The molecule has 1 N–H and O–H groups in total. The predicted molar refractivity (Wildman–Crippen MR) is 129 cm³/mol. The number of halogens is 1. The lowest BCUT2D eigenvalue weighted by molar-refractivity contribution is 0.631. The maximum absolute atomic E-state index is 14.6. The van der Waals surface area contributed by atoms with E-state index in [0.717, 1.165) is 41.6 Å². The summed E-state index contributed by atoms with van der Waals surface area (Å²) in [6.45, 7) is 1.87. The van der Waals surface area contributed by atoms with Crippen LogP contribution in [0.4, 0.5) is 4.39 Å². The largest absolute Gasteiger partial charge is 0.312 e. The van der Waals surface area contributed by atoms with Gasteiger partial charge in [0.25, 0.3) is 0 Å². The Hall–Kier alpha value is -3.96. The van der Waals surface area contributed by atoms with Crippen LogP contribution in [0.25, 0.3) is 44.5 Å². The standard InChI is InChI=1S/C28H21FN4/c29-26-9-2-1-6-24(26)27-14-25(23-8-4-11-32-28(23)33-27)20-13-19(16-31-17-20)21-7-3-5-18-15-30-12-10-22(18)21/h1-9,11,13-14,16-17,30H,10,12,15H2. The van der Waals surface area contributed by atoms with E-state index in [1.54, 1.807) is 18.3 Å². The molecule has 0 fully saturated rings. The molecule has 0 spiro atoms. The maximum atomic E-state index is 14.6. The second-order valence-corrected chi connectivity index (χ2v) is 8.24. The zero-order valence-electron chi connectivity index (χ0n) is 17.9. The first-order valence-electron chi connectivity index (χ1n) is 11.1. The number of benzene rings is 2. The highest BCUT2D eigenvalue weighted by Gasteiger charge is 2.16. The van der Waals surface area contributed by atoms with Crippen molar-refractivity contribution in [3.63, 3.8) is 0 Å². The number of pyridine rings is 3. The Morgan fingerprint density at radius 3 is 2.58 bits per heavy atom. The Morgan fingerprint density at radius 2 is 1.67 bits per heavy atom. The zero-order chi connectivity index (χ0) is 22.2. The molecule has 5 heteroatoms. The first-order chi connectivity index (χ1) is 16.3. The molecule has 0 radical (unpaired) electrons. The summed E-state index contributed by atoms with van der Waals surface area (Å²) in [5.41, 5.74) is 8.50. The molecule has 0 amide bonds. The average Bonchev–Trinajstić information content (AvgIpc) is 2.88. The number of rotatable bonds is 3. The third-order valence-electron chi connectivity index (χ3n) is 6.23. The van der Waals surface area contributed by atoms with E-state index in [1.165, 1.54) is 22.8 Å². The van der Waals surface area contributed by atoms with Crippen LogP contribution in [0.1, 0.15) is 11.1 Å². The van der Waals surface area contributed by atoms with Gasteiger partial charge in [-0.1, -0.05) is 30.3 Å². The van der Waals surface area contributed by atoms with Crippen LogP contribution < -0.4 is 5.32 Å². The molecule has 4 heterocycles. The zero-order valence-corrected chi connectivity index (χ0v) is 17.9. The second kappa shape index (κ2) is 8.19. The highest BCUT2D eigenvalue weighted by Crippen LogP contribution is 2.35. The van der Waals surface area contributed by atoms with Crippen molar-refractivity contribution in [3.8, 4) is 33.5 Å². The highest BCUT2D eigenvalue weighted by molar-refractivity contribution is 5.95. The molecular weight excluding hydrogens is 411 g/mol. The van der Waals surface area contributed by atoms with Crippen LogP contribution in [0.15, 0.2) is 85.3 Å². The highest BCUT2D eigenvalue weighted by atomic mass is 19.1. The van der Waals surface area contributed by atoms with E-state index in [0.29, 0.717) is 16.9 Å². The van der Waals surface area contributed by atoms with Crippen molar-refractivity contribution in [2.75, 3.05) is 6.54 Å². The van der Waals surface area contributed by atoms with Crippen LogP contribution in [0.3, 0.4) is 0 Å². The monoisotopic (exact) mass is 432 g/mol. The lowest BCUT2D eigenvalue weighted by Crippen LogP contribution is -2.24. The minimum Gasteiger partial charge on any atom is -0.312 e. The molecule has 1 aliphatic rings. The van der Waals surface area contributed by atoms with Gasteiger partial charge in [-0.05, 0) is 71.6 Å². The van der Waals surface area contributed by atoms with Crippen LogP contribution in [0, 0.1) is 5.82 Å². The predicted octanol–water partition coefficient (Wildman–Crippen LogP) is 5.81. The van der Waals surface area contributed by atoms with Crippen molar-refractivity contribution in [3.05, 3.63) is 102 Å². The van der Waals surface area contributed by atoms with Crippen molar-refractivity contribution >= 4 is 11.0 Å². The van der Waals surface area contributed by atoms with Gasteiger partial charge in [-0.25, -0.2) is 14.4 Å². The van der Waals surface area contributed by atoms with Gasteiger partial charge in [0.2, 0.25) is 0 Å². The second-order valence-electron chi connectivity index (χ2n) is 8.24. The Morgan fingerprint density at radius 1 is 0.818 bits per heavy atom. The van der Waals surface area contributed by atoms with E-state index in [2.05, 4.69) is 44.5 Å². The van der Waals surface area contributed by atoms with Gasteiger partial charge in [-0.3, -0.25) is 4.98 Å². The molecule has 0 aliphatic carbocycles. The molecule has 0 atom stereocenters. The van der Waals surface area contributed by atoms with Gasteiger partial charge in [-0.15, -0.1) is 0 Å². The summed E-state index contributed by atoms with van der Waals surface area (Å²) in [7, 11) is 0. The van der Waals surface area contributed by atoms with Crippen molar-refractivity contribution in [2.24, 2.45) is 0 Å². The number of fused-ring (bicyclic) bond motifs is 2. The maximum Gasteiger partial charge on any atom is 0.160 e. The van der Waals surface area contributed by atoms with Gasteiger partial charge in [0.15, 0.2) is 5.65 Å². The van der Waals surface area contributed by atoms with Crippen molar-refractivity contribution in [1.82, 2.24) is 20.3 Å². The summed E-state index contributed by atoms with van der Waals surface area (Å²) in [5, 5.41) is 4.36. The third kappa shape index (κ3) is 3.56. The molecule has 33 heavy (non-hydrogen) atoms. The molecule has 1 aliphatic heterocycles. The number of hydrogen-bond acceptors (Lipinski definition) is 4. The molecule has 4 nitrogen and oxygen atoms in total. The van der Waals surface area contributed by atoms with E-state index in [9.17, 15) is 4.39 Å². The molecule has 160 valence electrons. The van der Waals surface area contributed by atoms with Crippen LogP contribution in [0.2, 0.25) is 0 Å². The Labute approximate surface area is 191 Å². The summed E-state index contributed by atoms with van der Waals surface area (Å²) in [4.78, 5) is 13.7. The molecule has 0 saturated carbocycles. The molecule has 0 bridgehead atoms. The Kier molecular flexibility index (Phi) is 4.89. The van der Waals surface area contributed by atoms with Gasteiger partial charge < -0.3 is 5.32 Å². The lowest BCUT2D eigenvalue weighted by Gasteiger charge is -2.20. The molecule has 0 saturated heterocycles. The summed E-state index contributed by atoms with van der Waals surface area (Å²) < 4.78 is 14.6. The summed E-state index contributed by atoms with van der Waals surface area (Å²) in [5.74, 6) is -0.303. The third-order valence-corrected chi connectivity index (χ3v) is 6.23. The fourth-order valence-electron chi connectivity index (χ4n) is 4.64. The van der Waals surface area contributed by atoms with Crippen LogP contribution in [-0.2, 0) is 13.0 Å². The fraction of sp³-hybridized carbons (Fsp3) is 0.107. The summed E-state index contributed by atoms with van der Waals surface area (Å²) in [6.07, 6.45) is 6.48. The topological polar surface area (TPSA) is 50.7 Å². The fourth-order valence-corrected chi connectivity index (χ4v) is 4.64. The molecule has 0 unspecified atom stereocenters. The summed E-state index contributed by atoms with van der Waals surface area (Å²) in [6, 6.07) is 21.2. The SMILES string of the molecule is Fc1ccccc1-c1cc(-c2cncc(-c3cccc4c3CCNC4)c2)c2cccnc2n1. The van der Waals surface area contributed by atoms with Crippen LogP contribution in [0.5, 0.6) is 0 Å². The van der Waals surface area contributed by atoms with E-state index in [-0.39, 0.29) is 5.82 Å². The summed E-state index contributed by atoms with van der Waals surface area (Å²) >= 11 is 0. The normalized spacial score (nSPS) is 13.1. The molecule has 2 aromatic carbocycles. The number of nitrogens with one attached hydrogen (secondary N) is 1. The Balaban J connectivity index is 1.54. The van der Waals surface area contributed by atoms with Crippen molar-refractivity contribution < 1.29 is 4.39 Å². The number of aromatic nitrogens is 3.